The number of nitrogens with one attached hydrogen (secondary N) is 1. The summed E-state index contributed by atoms with van der Waals surface area (Å²) in [7, 11) is 0. The van der Waals surface area contributed by atoms with E-state index in [9.17, 15) is 9.18 Å². The monoisotopic (exact) mass is 402 g/mol. The van der Waals surface area contributed by atoms with Crippen LogP contribution in [0.25, 0.3) is 0 Å². The molecule has 0 saturated carbocycles. The number of aryl methyl sites for hydroxylation is 1. The minimum atomic E-state index is -0.171. The number of unbranched alkanes of at least 4 members (excludes halogenated alkanes) is 1. The molecule has 0 aromatic heterocycles. The summed E-state index contributed by atoms with van der Waals surface area (Å²) in [6.07, 6.45) is 2.11. The van der Waals surface area contributed by atoms with Gasteiger partial charge in [0.1, 0.15) is 5.82 Å². The molecule has 1 heterocycles. The van der Waals surface area contributed by atoms with Crippen molar-refractivity contribution in [2.24, 2.45) is 0 Å². The standard InChI is InChI=1S/C15H24N4O2.C7H7F/c16-14-4-3-5-15(12-14)19-10-8-18(9-11-19)7-2-1-6-17-21-13-20;1-6-2-4-7(8)5-3-6/h3-5,12-13,17H,1-2,6-11,16H2;2-5H,1H3. The molecule has 1 fully saturated rings. The van der Waals surface area contributed by atoms with Gasteiger partial charge in [0.05, 0.1) is 0 Å². The van der Waals surface area contributed by atoms with Crippen LogP contribution in [-0.2, 0) is 9.63 Å². The number of rotatable bonds is 8. The second-order valence-electron chi connectivity index (χ2n) is 7.03. The summed E-state index contributed by atoms with van der Waals surface area (Å²) < 4.78 is 12.1. The van der Waals surface area contributed by atoms with E-state index in [1.54, 1.807) is 12.1 Å². The molecule has 2 aromatic carbocycles. The van der Waals surface area contributed by atoms with E-state index in [2.05, 4.69) is 26.2 Å². The maximum absolute atomic E-state index is 12.1. The average Bonchev–Trinajstić information content (AvgIpc) is 2.74. The lowest BCUT2D eigenvalue weighted by atomic mass is 10.2. The maximum atomic E-state index is 12.1. The zero-order valence-electron chi connectivity index (χ0n) is 17.0. The van der Waals surface area contributed by atoms with Gasteiger partial charge in [-0.1, -0.05) is 23.8 Å². The molecule has 0 amide bonds. The summed E-state index contributed by atoms with van der Waals surface area (Å²) in [5, 5.41) is 0. The van der Waals surface area contributed by atoms with Crippen LogP contribution in [0.4, 0.5) is 15.8 Å². The molecule has 3 N–H and O–H groups in total. The predicted octanol–water partition coefficient (Wildman–Crippen LogP) is 2.98. The lowest BCUT2D eigenvalue weighted by molar-refractivity contribution is -0.135. The quantitative estimate of drug-likeness (QED) is 0.306. The van der Waals surface area contributed by atoms with Gasteiger partial charge in [-0.3, -0.25) is 9.69 Å². The van der Waals surface area contributed by atoms with Crippen LogP contribution in [0.15, 0.2) is 48.5 Å². The van der Waals surface area contributed by atoms with Gasteiger partial charge in [-0.05, 0) is 56.6 Å². The average molecular weight is 403 g/mol. The highest BCUT2D eigenvalue weighted by Gasteiger charge is 2.16. The lowest BCUT2D eigenvalue weighted by Gasteiger charge is -2.36. The third-order valence-corrected chi connectivity index (χ3v) is 4.75. The molecule has 158 valence electrons. The molecule has 0 spiro atoms. The van der Waals surface area contributed by atoms with Gasteiger partial charge < -0.3 is 15.5 Å². The minimum absolute atomic E-state index is 0.171. The number of piperazine rings is 1. The minimum Gasteiger partial charge on any atom is -0.399 e. The van der Waals surface area contributed by atoms with Crippen LogP contribution in [-0.4, -0.2) is 50.6 Å². The van der Waals surface area contributed by atoms with Gasteiger partial charge in [0.25, 0.3) is 0 Å². The van der Waals surface area contributed by atoms with E-state index >= 15 is 0 Å². The Morgan fingerprint density at radius 3 is 2.45 bits per heavy atom. The molecule has 3 rings (SSSR count). The van der Waals surface area contributed by atoms with Gasteiger partial charge >= 0.3 is 6.47 Å². The maximum Gasteiger partial charge on any atom is 0.312 e. The fourth-order valence-corrected chi connectivity index (χ4v) is 3.11. The van der Waals surface area contributed by atoms with Crippen molar-refractivity contribution in [1.29, 1.82) is 0 Å². The second-order valence-corrected chi connectivity index (χ2v) is 7.03. The van der Waals surface area contributed by atoms with Crippen molar-refractivity contribution in [1.82, 2.24) is 10.4 Å². The molecule has 1 saturated heterocycles. The largest absolute Gasteiger partial charge is 0.399 e. The molecule has 29 heavy (non-hydrogen) atoms. The van der Waals surface area contributed by atoms with E-state index in [0.717, 1.165) is 56.8 Å². The fraction of sp³-hybridized carbons (Fsp3) is 0.409. The summed E-state index contributed by atoms with van der Waals surface area (Å²) in [6.45, 7) is 8.37. The molecule has 6 nitrogen and oxygen atoms in total. The number of hydrogen-bond acceptors (Lipinski definition) is 6. The summed E-state index contributed by atoms with van der Waals surface area (Å²) >= 11 is 0. The summed E-state index contributed by atoms with van der Waals surface area (Å²) in [5.41, 5.74) is 11.6. The van der Waals surface area contributed by atoms with E-state index in [0.29, 0.717) is 13.0 Å². The number of hydroxylamine groups is 1. The van der Waals surface area contributed by atoms with Crippen molar-refractivity contribution in [2.75, 3.05) is 49.9 Å². The fourth-order valence-electron chi connectivity index (χ4n) is 3.11. The highest BCUT2D eigenvalue weighted by Crippen LogP contribution is 2.19. The number of carbonyl (C=O) groups excluding carboxylic acids is 1. The molecule has 0 aliphatic carbocycles. The van der Waals surface area contributed by atoms with E-state index in [-0.39, 0.29) is 5.82 Å². The molecule has 0 unspecified atom stereocenters. The molecule has 1 aliphatic rings. The number of nitrogens with two attached hydrogens (primary N) is 1. The summed E-state index contributed by atoms with van der Waals surface area (Å²) in [6, 6.07) is 14.5. The van der Waals surface area contributed by atoms with E-state index in [4.69, 9.17) is 5.73 Å². The van der Waals surface area contributed by atoms with Crippen molar-refractivity contribution in [2.45, 2.75) is 19.8 Å². The lowest BCUT2D eigenvalue weighted by Crippen LogP contribution is -2.46. The topological polar surface area (TPSA) is 70.8 Å². The van der Waals surface area contributed by atoms with Gasteiger partial charge in [-0.2, -0.15) is 5.48 Å². The number of hydrogen-bond donors (Lipinski definition) is 2. The highest BCUT2D eigenvalue weighted by molar-refractivity contribution is 5.56. The SMILES string of the molecule is Cc1ccc(F)cc1.Nc1cccc(N2CCN(CCCCNOC=O)CC2)c1. The van der Waals surface area contributed by atoms with Crippen molar-refractivity contribution in [3.05, 3.63) is 59.9 Å². The van der Waals surface area contributed by atoms with Crippen LogP contribution in [0.5, 0.6) is 0 Å². The van der Waals surface area contributed by atoms with Crippen LogP contribution < -0.4 is 16.1 Å². The number of carbonyl (C=O) groups is 1. The number of nitrogen functional groups attached to an aromatic ring is 1. The van der Waals surface area contributed by atoms with Crippen molar-refractivity contribution < 1.29 is 14.0 Å². The number of anilines is 2. The Hall–Kier alpha value is -2.64. The van der Waals surface area contributed by atoms with E-state index in [1.165, 1.54) is 17.8 Å². The Morgan fingerprint density at radius 2 is 1.83 bits per heavy atom. The molecule has 7 heteroatoms. The molecule has 0 atom stereocenters. The summed E-state index contributed by atoms with van der Waals surface area (Å²) in [4.78, 5) is 19.2. The first kappa shape index (κ1) is 22.6. The molecular weight excluding hydrogens is 371 g/mol. The first-order valence-electron chi connectivity index (χ1n) is 9.95. The Morgan fingerprint density at radius 1 is 1.10 bits per heavy atom. The van der Waals surface area contributed by atoms with Crippen molar-refractivity contribution >= 4 is 17.8 Å². The van der Waals surface area contributed by atoms with Gasteiger partial charge in [0.2, 0.25) is 0 Å². The van der Waals surface area contributed by atoms with Gasteiger partial charge in [0.15, 0.2) is 0 Å². The number of benzene rings is 2. The van der Waals surface area contributed by atoms with Gasteiger partial charge in [0, 0.05) is 44.1 Å². The highest BCUT2D eigenvalue weighted by atomic mass is 19.1. The third-order valence-electron chi connectivity index (χ3n) is 4.75. The Kier molecular flexibility index (Phi) is 9.95. The zero-order valence-corrected chi connectivity index (χ0v) is 17.0. The Balaban J connectivity index is 0.000000313. The zero-order chi connectivity index (χ0) is 20.9. The van der Waals surface area contributed by atoms with Gasteiger partial charge in [-0.15, -0.1) is 0 Å². The number of nitrogens with zero attached hydrogens (tertiary/aromatic N) is 2. The third kappa shape index (κ3) is 8.93. The Labute approximate surface area is 172 Å². The molecule has 1 aliphatic heterocycles. The van der Waals surface area contributed by atoms with Crippen molar-refractivity contribution in [3.8, 4) is 0 Å². The number of halogens is 1. The smallest absolute Gasteiger partial charge is 0.312 e. The van der Waals surface area contributed by atoms with Crippen LogP contribution in [0.2, 0.25) is 0 Å². The molecule has 2 aromatic rings. The normalized spacial score (nSPS) is 14.1. The summed E-state index contributed by atoms with van der Waals surface area (Å²) in [5.74, 6) is -0.171. The van der Waals surface area contributed by atoms with Gasteiger partial charge in [-0.25, -0.2) is 4.39 Å². The molecule has 0 radical (unpaired) electrons. The van der Waals surface area contributed by atoms with Crippen LogP contribution in [0, 0.1) is 12.7 Å². The Bertz CT molecular complexity index is 698. The van der Waals surface area contributed by atoms with E-state index < -0.39 is 0 Å². The van der Waals surface area contributed by atoms with Crippen LogP contribution in [0.3, 0.4) is 0 Å². The predicted molar refractivity (Wildman–Crippen MR) is 115 cm³/mol. The van der Waals surface area contributed by atoms with Crippen molar-refractivity contribution in [3.63, 3.8) is 0 Å². The van der Waals surface area contributed by atoms with E-state index in [1.807, 2.05) is 25.1 Å². The van der Waals surface area contributed by atoms with Crippen LogP contribution in [0.1, 0.15) is 18.4 Å². The first-order valence-corrected chi connectivity index (χ1v) is 9.95. The van der Waals surface area contributed by atoms with Crippen LogP contribution >= 0.6 is 0 Å². The molecule has 0 bridgehead atoms. The second kappa shape index (κ2) is 12.7. The molecular formula is C22H31FN4O2. The first-order chi connectivity index (χ1) is 14.1.